The zero-order valence-corrected chi connectivity index (χ0v) is 15.6. The number of nitrogens with zero attached hydrogens (tertiary/aromatic N) is 6. The average molecular weight is 364 g/mol. The monoisotopic (exact) mass is 363 g/mol. The molecule has 0 aromatic carbocycles. The first-order valence-electron chi connectivity index (χ1n) is 8.10. The van der Waals surface area contributed by atoms with Gasteiger partial charge in [0.1, 0.15) is 0 Å². The summed E-state index contributed by atoms with van der Waals surface area (Å²) in [6.07, 6.45) is 0. The molecule has 0 aliphatic carbocycles. The summed E-state index contributed by atoms with van der Waals surface area (Å²) in [6, 6.07) is 2.17. The van der Waals surface area contributed by atoms with Crippen molar-refractivity contribution in [1.82, 2.24) is 35.1 Å². The lowest BCUT2D eigenvalue weighted by atomic mass is 10.1. The van der Waals surface area contributed by atoms with Crippen LogP contribution in [-0.4, -0.2) is 56.5 Å². The maximum Gasteiger partial charge on any atom is 0.259 e. The van der Waals surface area contributed by atoms with E-state index >= 15 is 0 Å². The quantitative estimate of drug-likeness (QED) is 0.740. The van der Waals surface area contributed by atoms with E-state index in [0.717, 1.165) is 47.6 Å². The van der Waals surface area contributed by atoms with Crippen LogP contribution in [0.1, 0.15) is 23.3 Å². The van der Waals surface area contributed by atoms with Crippen LogP contribution in [0.3, 0.4) is 0 Å². The SMILES string of the molecule is Cc1nc2c(cc1-c1nc(C3CNCCN3C)no1)c(C)nn2C.Cl. The van der Waals surface area contributed by atoms with Gasteiger partial charge in [0.15, 0.2) is 11.5 Å². The van der Waals surface area contributed by atoms with Crippen LogP contribution in [0.5, 0.6) is 0 Å². The van der Waals surface area contributed by atoms with E-state index < -0.39 is 0 Å². The highest BCUT2D eigenvalue weighted by molar-refractivity contribution is 5.85. The van der Waals surface area contributed by atoms with Crippen molar-refractivity contribution in [2.24, 2.45) is 7.05 Å². The van der Waals surface area contributed by atoms with Crippen LogP contribution in [0.2, 0.25) is 0 Å². The molecule has 4 heterocycles. The highest BCUT2D eigenvalue weighted by Gasteiger charge is 2.26. The topological polar surface area (TPSA) is 84.9 Å². The molecule has 0 bridgehead atoms. The van der Waals surface area contributed by atoms with Crippen molar-refractivity contribution in [2.75, 3.05) is 26.7 Å². The Morgan fingerprint density at radius 2 is 2.00 bits per heavy atom. The number of rotatable bonds is 2. The largest absolute Gasteiger partial charge is 0.334 e. The van der Waals surface area contributed by atoms with E-state index in [-0.39, 0.29) is 18.4 Å². The van der Waals surface area contributed by atoms with Gasteiger partial charge in [0.05, 0.1) is 23.0 Å². The minimum atomic E-state index is 0. The second kappa shape index (κ2) is 6.70. The molecule has 9 heteroatoms. The number of aromatic nitrogens is 5. The molecule has 8 nitrogen and oxygen atoms in total. The molecule has 4 rings (SSSR count). The first-order valence-corrected chi connectivity index (χ1v) is 8.10. The van der Waals surface area contributed by atoms with E-state index in [1.54, 1.807) is 4.68 Å². The molecule has 1 atom stereocenters. The summed E-state index contributed by atoms with van der Waals surface area (Å²) in [5.74, 6) is 1.22. The molecule has 25 heavy (non-hydrogen) atoms. The van der Waals surface area contributed by atoms with Crippen LogP contribution >= 0.6 is 12.4 Å². The lowest BCUT2D eigenvalue weighted by molar-refractivity contribution is 0.190. The Hall–Kier alpha value is -2.03. The van der Waals surface area contributed by atoms with Gasteiger partial charge < -0.3 is 9.84 Å². The Labute approximate surface area is 152 Å². The van der Waals surface area contributed by atoms with Gasteiger partial charge >= 0.3 is 0 Å². The number of likely N-dealkylation sites (N-methyl/N-ethyl adjacent to an activating group) is 1. The van der Waals surface area contributed by atoms with Crippen molar-refractivity contribution >= 4 is 23.4 Å². The van der Waals surface area contributed by atoms with Crippen molar-refractivity contribution < 1.29 is 4.52 Å². The normalized spacial score (nSPS) is 18.5. The predicted octanol–water partition coefficient (Wildman–Crippen LogP) is 1.63. The fraction of sp³-hybridized carbons (Fsp3) is 0.500. The van der Waals surface area contributed by atoms with E-state index in [1.165, 1.54) is 0 Å². The van der Waals surface area contributed by atoms with Gasteiger partial charge in [0.25, 0.3) is 5.89 Å². The standard InChI is InChI=1S/C16H21N7O.ClH/c1-9-12(7-11-10(2)20-23(4)15(11)18-9)16-19-14(21-24-16)13-8-17-5-6-22(13)3;/h7,13,17H,5-6,8H2,1-4H3;1H. The van der Waals surface area contributed by atoms with Crippen LogP contribution in [0.15, 0.2) is 10.6 Å². The zero-order chi connectivity index (χ0) is 16.8. The van der Waals surface area contributed by atoms with Crippen molar-refractivity contribution in [2.45, 2.75) is 19.9 Å². The number of hydrogen-bond acceptors (Lipinski definition) is 7. The Morgan fingerprint density at radius 1 is 1.20 bits per heavy atom. The molecule has 3 aromatic heterocycles. The van der Waals surface area contributed by atoms with Gasteiger partial charge in [-0.2, -0.15) is 10.1 Å². The van der Waals surface area contributed by atoms with Gasteiger partial charge in [-0.15, -0.1) is 12.4 Å². The summed E-state index contributed by atoms with van der Waals surface area (Å²) in [6.45, 7) is 6.71. The van der Waals surface area contributed by atoms with Crippen LogP contribution in [0.25, 0.3) is 22.5 Å². The molecule has 1 aliphatic heterocycles. The Bertz CT molecular complexity index is 903. The molecule has 0 amide bonds. The van der Waals surface area contributed by atoms with Gasteiger partial charge in [-0.1, -0.05) is 5.16 Å². The molecular weight excluding hydrogens is 342 g/mol. The van der Waals surface area contributed by atoms with E-state index in [9.17, 15) is 0 Å². The van der Waals surface area contributed by atoms with Crippen LogP contribution in [0, 0.1) is 13.8 Å². The summed E-state index contributed by atoms with van der Waals surface area (Å²) in [7, 11) is 3.98. The summed E-state index contributed by atoms with van der Waals surface area (Å²) < 4.78 is 7.34. The molecular formula is C16H22ClN7O. The summed E-state index contributed by atoms with van der Waals surface area (Å²) in [5.41, 5.74) is 3.53. The third kappa shape index (κ3) is 3.01. The third-order valence-electron chi connectivity index (χ3n) is 4.67. The number of pyridine rings is 1. The number of hydrogen-bond donors (Lipinski definition) is 1. The highest BCUT2D eigenvalue weighted by atomic mass is 35.5. The van der Waals surface area contributed by atoms with Crippen LogP contribution in [-0.2, 0) is 7.05 Å². The second-order valence-electron chi connectivity index (χ2n) is 6.36. The fourth-order valence-corrected chi connectivity index (χ4v) is 3.22. The number of halogens is 1. The van der Waals surface area contributed by atoms with Crippen molar-refractivity contribution in [3.8, 4) is 11.5 Å². The molecule has 1 fully saturated rings. The number of fused-ring (bicyclic) bond motifs is 1. The maximum atomic E-state index is 5.55. The number of piperazine rings is 1. The minimum absolute atomic E-state index is 0. The molecule has 1 N–H and O–H groups in total. The fourth-order valence-electron chi connectivity index (χ4n) is 3.22. The molecule has 1 saturated heterocycles. The van der Waals surface area contributed by atoms with E-state index in [0.29, 0.717) is 11.7 Å². The second-order valence-corrected chi connectivity index (χ2v) is 6.36. The average Bonchev–Trinajstić information content (AvgIpc) is 3.13. The van der Waals surface area contributed by atoms with Crippen molar-refractivity contribution in [3.63, 3.8) is 0 Å². The van der Waals surface area contributed by atoms with Crippen molar-refractivity contribution in [3.05, 3.63) is 23.3 Å². The molecule has 0 radical (unpaired) electrons. The zero-order valence-electron chi connectivity index (χ0n) is 14.8. The minimum Gasteiger partial charge on any atom is -0.334 e. The lowest BCUT2D eigenvalue weighted by Gasteiger charge is -2.30. The third-order valence-corrected chi connectivity index (χ3v) is 4.67. The van der Waals surface area contributed by atoms with Gasteiger partial charge in [-0.25, -0.2) is 4.98 Å². The van der Waals surface area contributed by atoms with E-state index in [1.807, 2.05) is 27.0 Å². The Kier molecular flexibility index (Phi) is 4.77. The lowest BCUT2D eigenvalue weighted by Crippen LogP contribution is -2.44. The molecule has 1 aliphatic rings. The van der Waals surface area contributed by atoms with Gasteiger partial charge in [0, 0.05) is 32.1 Å². The molecule has 1 unspecified atom stereocenters. The van der Waals surface area contributed by atoms with Gasteiger partial charge in [-0.05, 0) is 27.0 Å². The maximum absolute atomic E-state index is 5.55. The van der Waals surface area contributed by atoms with Crippen molar-refractivity contribution in [1.29, 1.82) is 0 Å². The summed E-state index contributed by atoms with van der Waals surface area (Å²) >= 11 is 0. The van der Waals surface area contributed by atoms with Gasteiger partial charge in [-0.3, -0.25) is 9.58 Å². The van der Waals surface area contributed by atoms with Crippen LogP contribution < -0.4 is 5.32 Å². The first-order chi connectivity index (χ1) is 11.5. The Morgan fingerprint density at radius 3 is 2.76 bits per heavy atom. The van der Waals surface area contributed by atoms with Crippen LogP contribution in [0.4, 0.5) is 0 Å². The Balaban J connectivity index is 0.00000182. The number of aryl methyl sites for hydroxylation is 3. The molecule has 134 valence electrons. The smallest absolute Gasteiger partial charge is 0.259 e. The molecule has 0 spiro atoms. The first kappa shape index (κ1) is 17.8. The molecule has 3 aromatic rings. The van der Waals surface area contributed by atoms with E-state index in [2.05, 4.69) is 37.5 Å². The predicted molar refractivity (Wildman–Crippen MR) is 96.8 cm³/mol. The summed E-state index contributed by atoms with van der Waals surface area (Å²) in [5, 5.41) is 13.0. The van der Waals surface area contributed by atoms with Gasteiger partial charge in [0.2, 0.25) is 0 Å². The molecule has 0 saturated carbocycles. The summed E-state index contributed by atoms with van der Waals surface area (Å²) in [4.78, 5) is 11.5. The highest BCUT2D eigenvalue weighted by Crippen LogP contribution is 2.28. The number of nitrogens with one attached hydrogen (secondary N) is 1. The van der Waals surface area contributed by atoms with E-state index in [4.69, 9.17) is 4.52 Å².